The normalized spacial score (nSPS) is 18.4. The molecule has 3 aromatic carbocycles. The van der Waals surface area contributed by atoms with Crippen LogP contribution in [0.25, 0.3) is 0 Å². The van der Waals surface area contributed by atoms with Gasteiger partial charge in [-0.2, -0.15) is 0 Å². The molecule has 4 heterocycles. The van der Waals surface area contributed by atoms with Crippen molar-refractivity contribution >= 4 is 81.7 Å². The molecule has 3 aliphatic heterocycles. The zero-order chi connectivity index (χ0) is 46.5. The van der Waals surface area contributed by atoms with Crippen LogP contribution < -0.4 is 26.4 Å². The van der Waals surface area contributed by atoms with Crippen molar-refractivity contribution in [1.29, 1.82) is 0 Å². The van der Waals surface area contributed by atoms with Gasteiger partial charge in [-0.15, -0.1) is 10.2 Å². The Morgan fingerprint density at radius 2 is 1.68 bits per heavy atom. The molecular formula is C44H44Cl2FN9O9. The number of nitrogens with two attached hydrogens (primary N) is 1. The number of hydrogen-bond donors (Lipinski definition) is 4. The monoisotopic (exact) mass is 931 g/mol. The van der Waals surface area contributed by atoms with Crippen molar-refractivity contribution in [3.8, 4) is 5.75 Å². The molecule has 0 saturated carbocycles. The minimum Gasteiger partial charge on any atom is -0.489 e. The number of fused-ring (bicyclic) bond motifs is 1. The van der Waals surface area contributed by atoms with Crippen molar-refractivity contribution < 1.29 is 47.4 Å². The second-order valence-electron chi connectivity index (χ2n) is 15.6. The Bertz CT molecular complexity index is 2550. The summed E-state index contributed by atoms with van der Waals surface area (Å²) in [7, 11) is 0. The van der Waals surface area contributed by atoms with E-state index >= 15 is 0 Å². The topological polar surface area (TPSA) is 236 Å². The van der Waals surface area contributed by atoms with E-state index in [2.05, 4.69) is 26.1 Å². The molecule has 0 aliphatic carbocycles. The van der Waals surface area contributed by atoms with Gasteiger partial charge in [0.05, 0.1) is 42.4 Å². The lowest BCUT2D eigenvalue weighted by molar-refractivity contribution is -0.139. The predicted molar refractivity (Wildman–Crippen MR) is 235 cm³/mol. The highest BCUT2D eigenvalue weighted by molar-refractivity contribution is 6.36. The fourth-order valence-electron chi connectivity index (χ4n) is 8.04. The highest BCUT2D eigenvalue weighted by Crippen LogP contribution is 2.33. The molecule has 1 aromatic heterocycles. The van der Waals surface area contributed by atoms with Gasteiger partial charge < -0.3 is 35.6 Å². The van der Waals surface area contributed by atoms with E-state index in [0.29, 0.717) is 35.6 Å². The van der Waals surface area contributed by atoms with E-state index in [9.17, 15) is 38.0 Å². The molecule has 3 aliphatic rings. The summed E-state index contributed by atoms with van der Waals surface area (Å²) in [5, 5.41) is 15.8. The molecule has 340 valence electrons. The van der Waals surface area contributed by atoms with Gasteiger partial charge in [0, 0.05) is 72.6 Å². The third-order valence-electron chi connectivity index (χ3n) is 11.1. The molecule has 0 radical (unpaired) electrons. The largest absolute Gasteiger partial charge is 0.489 e. The van der Waals surface area contributed by atoms with E-state index in [1.165, 1.54) is 18.2 Å². The maximum Gasteiger partial charge on any atom is 0.276 e. The number of carbonyl (C=O) groups excluding carboxylic acids is 7. The van der Waals surface area contributed by atoms with E-state index in [1.807, 2.05) is 13.8 Å². The van der Waals surface area contributed by atoms with Gasteiger partial charge in [0.2, 0.25) is 17.7 Å². The third kappa shape index (κ3) is 10.2. The van der Waals surface area contributed by atoms with Gasteiger partial charge in [0.25, 0.3) is 23.6 Å². The van der Waals surface area contributed by atoms with Gasteiger partial charge in [0.1, 0.15) is 11.9 Å². The average molecular weight is 933 g/mol. The first-order valence-electron chi connectivity index (χ1n) is 20.7. The zero-order valence-corrected chi connectivity index (χ0v) is 36.7. The Labute approximate surface area is 381 Å². The number of amides is 7. The van der Waals surface area contributed by atoms with Gasteiger partial charge in [0.15, 0.2) is 17.3 Å². The van der Waals surface area contributed by atoms with Crippen molar-refractivity contribution in [2.24, 2.45) is 0 Å². The fraction of sp³-hybridized carbons (Fsp3) is 0.341. The van der Waals surface area contributed by atoms with Crippen molar-refractivity contribution in [2.75, 3.05) is 55.8 Å². The van der Waals surface area contributed by atoms with Crippen LogP contribution in [-0.4, -0.2) is 124 Å². The smallest absolute Gasteiger partial charge is 0.276 e. The number of nitrogen functional groups attached to an aromatic ring is 1. The molecule has 5 N–H and O–H groups in total. The number of nitrogens with zero attached hydrogens (tertiary/aromatic N) is 5. The van der Waals surface area contributed by atoms with E-state index in [4.69, 9.17) is 38.4 Å². The Morgan fingerprint density at radius 3 is 2.40 bits per heavy atom. The highest BCUT2D eigenvalue weighted by atomic mass is 35.5. The summed E-state index contributed by atoms with van der Waals surface area (Å²) in [5.41, 5.74) is 7.63. The quantitative estimate of drug-likeness (QED) is 0.0738. The Kier molecular flexibility index (Phi) is 14.2. The van der Waals surface area contributed by atoms with Crippen molar-refractivity contribution in [1.82, 2.24) is 30.2 Å². The van der Waals surface area contributed by atoms with Gasteiger partial charge in [-0.3, -0.25) is 43.8 Å². The number of halogens is 3. The number of imide groups is 2. The van der Waals surface area contributed by atoms with Crippen LogP contribution in [0.5, 0.6) is 5.75 Å². The second-order valence-corrected chi connectivity index (χ2v) is 16.4. The first-order valence-corrected chi connectivity index (χ1v) is 21.4. The summed E-state index contributed by atoms with van der Waals surface area (Å²) in [4.78, 5) is 94.8. The van der Waals surface area contributed by atoms with Crippen molar-refractivity contribution in [2.45, 2.75) is 57.7 Å². The SMILES string of the molecule is C[C@@H]1CN(C(=O)c2ccc(NC(=O)c3cc(OCCc4c(Cl)ccc(F)c4Cl)c(N)nn3)cc2)C[C@H](C)N1C(=O)CCOCCNc1cccc2c1C(=O)N([C@@H]1CCC(=O)NC1=O)C2=O. The molecule has 0 bridgehead atoms. The number of anilines is 3. The van der Waals surface area contributed by atoms with Gasteiger partial charge in [-0.1, -0.05) is 29.3 Å². The van der Waals surface area contributed by atoms with E-state index in [-0.39, 0.29) is 114 Å². The molecule has 7 amide bonds. The molecule has 65 heavy (non-hydrogen) atoms. The minimum atomic E-state index is -1.07. The van der Waals surface area contributed by atoms with Gasteiger partial charge in [-0.25, -0.2) is 4.39 Å². The molecule has 0 spiro atoms. The maximum absolute atomic E-state index is 13.9. The molecule has 18 nitrogen and oxygen atoms in total. The summed E-state index contributed by atoms with van der Waals surface area (Å²) >= 11 is 12.2. The van der Waals surface area contributed by atoms with Crippen molar-refractivity contribution in [3.63, 3.8) is 0 Å². The molecule has 7 rings (SSSR count). The lowest BCUT2D eigenvalue weighted by Crippen LogP contribution is -2.59. The number of piperazine rings is 1. The zero-order valence-electron chi connectivity index (χ0n) is 35.2. The predicted octanol–water partition coefficient (Wildman–Crippen LogP) is 4.36. The van der Waals surface area contributed by atoms with Crippen LogP contribution in [0.3, 0.4) is 0 Å². The third-order valence-corrected chi connectivity index (χ3v) is 11.9. The van der Waals surface area contributed by atoms with E-state index < -0.39 is 41.4 Å². The van der Waals surface area contributed by atoms with Gasteiger partial charge in [-0.05, 0) is 74.4 Å². The average Bonchev–Trinajstić information content (AvgIpc) is 3.53. The summed E-state index contributed by atoms with van der Waals surface area (Å²) in [6, 6.07) is 13.3. The molecule has 2 saturated heterocycles. The Morgan fingerprint density at radius 1 is 0.938 bits per heavy atom. The standard InChI is InChI=1S/C44H44Cl2FN9O9/c1-23-21-54(42(61)25-6-8-26(9-7-25)50-40(59)32-20-34(39(48)53-52-32)65-18-14-27-29(45)10-11-30(47)38(27)46)22-24(2)55(23)36(58)15-17-64-19-16-49-31-5-3-4-28-37(31)44(63)56(43(28)62)33-12-13-35(57)51-41(33)60/h3-11,20,23-24,33,49H,12-19,21-22H2,1-2H3,(H2,48,53)(H,50,59)(H,51,57,60)/t23-,24+,33-/m1/s1. The Balaban J connectivity index is 0.842. The first kappa shape index (κ1) is 46.3. The molecule has 3 atom stereocenters. The minimum absolute atomic E-state index is 0.00154. The first-order chi connectivity index (χ1) is 31.1. The number of piperidine rings is 1. The lowest BCUT2D eigenvalue weighted by Gasteiger charge is -2.44. The summed E-state index contributed by atoms with van der Waals surface area (Å²) < 4.78 is 25.3. The van der Waals surface area contributed by atoms with Gasteiger partial charge >= 0.3 is 0 Å². The van der Waals surface area contributed by atoms with Crippen LogP contribution in [0.15, 0.2) is 60.7 Å². The summed E-state index contributed by atoms with van der Waals surface area (Å²) in [6.07, 6.45) is 0.329. The summed E-state index contributed by atoms with van der Waals surface area (Å²) in [5.74, 6) is -3.96. The van der Waals surface area contributed by atoms with Crippen LogP contribution in [-0.2, 0) is 25.5 Å². The van der Waals surface area contributed by atoms with Crippen LogP contribution in [0, 0.1) is 5.82 Å². The maximum atomic E-state index is 13.9. The number of aromatic nitrogens is 2. The van der Waals surface area contributed by atoms with E-state index in [0.717, 1.165) is 11.0 Å². The van der Waals surface area contributed by atoms with Crippen LogP contribution in [0.1, 0.15) is 80.2 Å². The molecule has 21 heteroatoms. The summed E-state index contributed by atoms with van der Waals surface area (Å²) in [6.45, 7) is 4.90. The number of hydrogen-bond acceptors (Lipinski definition) is 13. The molecule has 2 fully saturated rings. The molecule has 0 unspecified atom stereocenters. The van der Waals surface area contributed by atoms with Crippen LogP contribution in [0.2, 0.25) is 10.0 Å². The van der Waals surface area contributed by atoms with Crippen LogP contribution >= 0.6 is 23.2 Å². The van der Waals surface area contributed by atoms with E-state index in [1.54, 1.807) is 46.2 Å². The lowest BCUT2D eigenvalue weighted by atomic mass is 10.0. The molecule has 4 aromatic rings. The second kappa shape index (κ2) is 20.0. The van der Waals surface area contributed by atoms with Crippen molar-refractivity contribution in [3.05, 3.63) is 104 Å². The number of ether oxygens (including phenoxy) is 2. The number of rotatable bonds is 15. The highest BCUT2D eigenvalue weighted by Gasteiger charge is 2.45. The fourth-order valence-corrected chi connectivity index (χ4v) is 8.60. The van der Waals surface area contributed by atoms with Crippen LogP contribution in [0.4, 0.5) is 21.6 Å². The number of benzene rings is 3. The Hall–Kier alpha value is -6.70. The number of nitrogens with one attached hydrogen (secondary N) is 3. The number of carbonyl (C=O) groups is 7. The molecular weight excluding hydrogens is 888 g/mol.